The van der Waals surface area contributed by atoms with Gasteiger partial charge in [-0.15, -0.1) is 0 Å². The number of aromatic nitrogens is 2. The smallest absolute Gasteiger partial charge is 0.336 e. The lowest BCUT2D eigenvalue weighted by atomic mass is 9.91. The van der Waals surface area contributed by atoms with Crippen molar-refractivity contribution in [1.82, 2.24) is 9.97 Å². The van der Waals surface area contributed by atoms with Gasteiger partial charge in [0, 0.05) is 25.0 Å². The maximum atomic E-state index is 11.8. The third-order valence-electron chi connectivity index (χ3n) is 4.93. The van der Waals surface area contributed by atoms with Crippen molar-refractivity contribution >= 4 is 11.9 Å². The van der Waals surface area contributed by atoms with Gasteiger partial charge in [0.1, 0.15) is 0 Å². The average Bonchev–Trinajstić information content (AvgIpc) is 2.79. The maximum absolute atomic E-state index is 11.8. The second kappa shape index (κ2) is 8.59. The second-order valence-electron chi connectivity index (χ2n) is 6.99. The molecule has 0 saturated carbocycles. The summed E-state index contributed by atoms with van der Waals surface area (Å²) < 4.78 is 0. The van der Waals surface area contributed by atoms with Gasteiger partial charge in [-0.05, 0) is 46.0 Å². The second-order valence-corrected chi connectivity index (χ2v) is 6.99. The molecule has 0 aliphatic heterocycles. The Morgan fingerprint density at radius 3 is 1.77 bits per heavy atom. The van der Waals surface area contributed by atoms with E-state index in [9.17, 15) is 19.8 Å². The van der Waals surface area contributed by atoms with E-state index in [1.54, 1.807) is 67.1 Å². The summed E-state index contributed by atoms with van der Waals surface area (Å²) in [6, 6.07) is 19.2. The quantitative estimate of drug-likeness (QED) is 0.474. The van der Waals surface area contributed by atoms with Gasteiger partial charge < -0.3 is 10.2 Å². The first-order valence-corrected chi connectivity index (χ1v) is 9.57. The summed E-state index contributed by atoms with van der Waals surface area (Å²) in [5.41, 5.74) is 4.48. The standard InChI is InChI=1S/C25H18N2O4/c28-24(29)22-7-3-1-5-20(22)17-11-16(13-19-15-26-9-10-27-19)12-18(14-17)21-6-2-4-8-23(21)25(30)31/h1-12,14-15H,13H2,(H,28,29)(H,30,31). The number of rotatable bonds is 6. The van der Waals surface area contributed by atoms with Crippen molar-refractivity contribution < 1.29 is 19.8 Å². The minimum atomic E-state index is -1.03. The van der Waals surface area contributed by atoms with Crippen molar-refractivity contribution in [3.8, 4) is 22.3 Å². The molecule has 0 amide bonds. The fourth-order valence-electron chi connectivity index (χ4n) is 3.58. The van der Waals surface area contributed by atoms with E-state index >= 15 is 0 Å². The normalized spacial score (nSPS) is 10.6. The van der Waals surface area contributed by atoms with Gasteiger partial charge in [0.25, 0.3) is 0 Å². The monoisotopic (exact) mass is 410 g/mol. The van der Waals surface area contributed by atoms with Gasteiger partial charge in [-0.1, -0.05) is 48.5 Å². The summed E-state index contributed by atoms with van der Waals surface area (Å²) in [4.78, 5) is 32.0. The average molecular weight is 410 g/mol. The molecule has 0 aliphatic carbocycles. The zero-order valence-electron chi connectivity index (χ0n) is 16.4. The zero-order chi connectivity index (χ0) is 21.8. The van der Waals surface area contributed by atoms with E-state index < -0.39 is 11.9 Å². The number of carboxylic acid groups (broad SMARTS) is 2. The molecule has 0 radical (unpaired) electrons. The number of carbonyl (C=O) groups is 2. The minimum absolute atomic E-state index is 0.177. The molecule has 3 aromatic carbocycles. The Hall–Kier alpha value is -4.32. The van der Waals surface area contributed by atoms with Crippen LogP contribution in [0.25, 0.3) is 22.3 Å². The van der Waals surface area contributed by atoms with Crippen molar-refractivity contribution in [2.75, 3.05) is 0 Å². The van der Waals surface area contributed by atoms with Crippen LogP contribution in [0.1, 0.15) is 32.0 Å². The molecule has 1 heterocycles. The Balaban J connectivity index is 1.92. The van der Waals surface area contributed by atoms with Crippen molar-refractivity contribution in [3.63, 3.8) is 0 Å². The Morgan fingerprint density at radius 1 is 0.742 bits per heavy atom. The topological polar surface area (TPSA) is 100 Å². The van der Waals surface area contributed by atoms with Crippen LogP contribution < -0.4 is 0 Å². The molecule has 0 bridgehead atoms. The molecular formula is C25H18N2O4. The minimum Gasteiger partial charge on any atom is -0.478 e. The molecule has 4 aromatic rings. The van der Waals surface area contributed by atoms with E-state index in [1.165, 1.54) is 0 Å². The molecule has 6 heteroatoms. The molecule has 0 fully saturated rings. The van der Waals surface area contributed by atoms with E-state index in [4.69, 9.17) is 0 Å². The van der Waals surface area contributed by atoms with Crippen molar-refractivity contribution in [2.24, 2.45) is 0 Å². The summed E-state index contributed by atoms with van der Waals surface area (Å²) >= 11 is 0. The highest BCUT2D eigenvalue weighted by Crippen LogP contribution is 2.32. The number of hydrogen-bond donors (Lipinski definition) is 2. The Bertz CT molecular complexity index is 1190. The lowest BCUT2D eigenvalue weighted by molar-refractivity contribution is 0.0687. The van der Waals surface area contributed by atoms with Crippen LogP contribution in [0.3, 0.4) is 0 Å². The van der Waals surface area contributed by atoms with Crippen LogP contribution in [0, 0.1) is 0 Å². The van der Waals surface area contributed by atoms with Crippen LogP contribution in [0.4, 0.5) is 0 Å². The number of nitrogens with zero attached hydrogens (tertiary/aromatic N) is 2. The van der Waals surface area contributed by atoms with Crippen LogP contribution in [-0.4, -0.2) is 32.1 Å². The molecule has 0 aliphatic rings. The first-order chi connectivity index (χ1) is 15.0. The number of aromatic carboxylic acids is 2. The highest BCUT2D eigenvalue weighted by atomic mass is 16.4. The summed E-state index contributed by atoms with van der Waals surface area (Å²) in [6.07, 6.45) is 5.35. The number of benzene rings is 3. The van der Waals surface area contributed by atoms with Crippen LogP contribution >= 0.6 is 0 Å². The molecule has 4 rings (SSSR count). The highest BCUT2D eigenvalue weighted by molar-refractivity contribution is 5.98. The number of hydrogen-bond acceptors (Lipinski definition) is 4. The van der Waals surface area contributed by atoms with Gasteiger partial charge in [-0.3, -0.25) is 9.97 Å². The summed E-state index contributed by atoms with van der Waals surface area (Å²) in [5, 5.41) is 19.3. The number of carboxylic acids is 2. The Kier molecular flexibility index (Phi) is 5.53. The van der Waals surface area contributed by atoms with Crippen molar-refractivity contribution in [1.29, 1.82) is 0 Å². The summed E-state index contributed by atoms with van der Waals surface area (Å²) in [7, 11) is 0. The fourth-order valence-corrected chi connectivity index (χ4v) is 3.58. The first-order valence-electron chi connectivity index (χ1n) is 9.57. The third kappa shape index (κ3) is 4.33. The van der Waals surface area contributed by atoms with Crippen molar-refractivity contribution in [2.45, 2.75) is 6.42 Å². The largest absolute Gasteiger partial charge is 0.478 e. The maximum Gasteiger partial charge on any atom is 0.336 e. The van der Waals surface area contributed by atoms with Gasteiger partial charge in [-0.2, -0.15) is 0 Å². The van der Waals surface area contributed by atoms with Crippen LogP contribution in [0.15, 0.2) is 85.3 Å². The molecule has 0 saturated heterocycles. The molecule has 0 spiro atoms. The molecular weight excluding hydrogens is 392 g/mol. The Labute approximate surface area is 178 Å². The van der Waals surface area contributed by atoms with Crippen LogP contribution in [0.5, 0.6) is 0 Å². The summed E-state index contributed by atoms with van der Waals surface area (Å²) in [5.74, 6) is -2.05. The van der Waals surface area contributed by atoms with Gasteiger partial charge in [0.15, 0.2) is 0 Å². The fraction of sp³-hybridized carbons (Fsp3) is 0.0400. The van der Waals surface area contributed by atoms with Gasteiger partial charge in [0.05, 0.1) is 16.8 Å². The molecule has 1 aromatic heterocycles. The molecule has 0 unspecified atom stereocenters. The predicted molar refractivity (Wildman–Crippen MR) is 116 cm³/mol. The van der Waals surface area contributed by atoms with E-state index in [0.29, 0.717) is 28.7 Å². The molecule has 31 heavy (non-hydrogen) atoms. The Morgan fingerprint density at radius 2 is 1.29 bits per heavy atom. The van der Waals surface area contributed by atoms with E-state index in [-0.39, 0.29) is 11.1 Å². The molecule has 2 N–H and O–H groups in total. The highest BCUT2D eigenvalue weighted by Gasteiger charge is 2.16. The van der Waals surface area contributed by atoms with E-state index in [0.717, 1.165) is 11.3 Å². The van der Waals surface area contributed by atoms with E-state index in [1.807, 2.05) is 18.2 Å². The van der Waals surface area contributed by atoms with Gasteiger partial charge in [-0.25, -0.2) is 9.59 Å². The predicted octanol–water partition coefficient (Wildman–Crippen LogP) is 4.80. The summed E-state index contributed by atoms with van der Waals surface area (Å²) in [6.45, 7) is 0. The lowest BCUT2D eigenvalue weighted by Gasteiger charge is -2.13. The van der Waals surface area contributed by atoms with Crippen molar-refractivity contribution in [3.05, 3.63) is 108 Å². The SMILES string of the molecule is O=C(O)c1ccccc1-c1cc(Cc2cnccn2)cc(-c2ccccc2C(=O)O)c1. The van der Waals surface area contributed by atoms with Gasteiger partial charge >= 0.3 is 11.9 Å². The molecule has 152 valence electrons. The first kappa shape index (κ1) is 20.0. The van der Waals surface area contributed by atoms with Crippen LogP contribution in [-0.2, 0) is 6.42 Å². The zero-order valence-corrected chi connectivity index (χ0v) is 16.4. The third-order valence-corrected chi connectivity index (χ3v) is 4.93. The molecule has 6 nitrogen and oxygen atoms in total. The lowest BCUT2D eigenvalue weighted by Crippen LogP contribution is -2.02. The van der Waals surface area contributed by atoms with Crippen LogP contribution in [0.2, 0.25) is 0 Å². The van der Waals surface area contributed by atoms with Gasteiger partial charge in [0.2, 0.25) is 0 Å². The van der Waals surface area contributed by atoms with E-state index in [2.05, 4.69) is 9.97 Å². The molecule has 0 atom stereocenters.